The van der Waals surface area contributed by atoms with Gasteiger partial charge in [0.1, 0.15) is 18.2 Å². The maximum absolute atomic E-state index is 11.2. The normalized spacial score (nSPS) is 21.5. The van der Waals surface area contributed by atoms with E-state index in [1.807, 2.05) is 36.6 Å². The van der Waals surface area contributed by atoms with Gasteiger partial charge in [0.2, 0.25) is 0 Å². The predicted octanol–water partition coefficient (Wildman–Crippen LogP) is 4.63. The van der Waals surface area contributed by atoms with Crippen molar-refractivity contribution in [1.82, 2.24) is 9.97 Å². The first kappa shape index (κ1) is 26.3. The molecule has 0 amide bonds. The zero-order valence-electron chi connectivity index (χ0n) is 19.2. The Hall–Kier alpha value is -1.80. The summed E-state index contributed by atoms with van der Waals surface area (Å²) in [4.78, 5) is 9.21. The topological polar surface area (TPSA) is 160 Å². The van der Waals surface area contributed by atoms with Crippen molar-refractivity contribution in [2.45, 2.75) is 43.9 Å². The van der Waals surface area contributed by atoms with Crippen LogP contribution < -0.4 is 16.2 Å². The van der Waals surface area contributed by atoms with Crippen LogP contribution in [0.15, 0.2) is 48.2 Å². The molecule has 1 aliphatic rings. The van der Waals surface area contributed by atoms with E-state index in [0.29, 0.717) is 16.4 Å². The lowest BCUT2D eigenvalue weighted by Gasteiger charge is -2.25. The molecule has 2 unspecified atom stereocenters. The first-order valence-corrected chi connectivity index (χ1v) is 13.9. The molecular weight excluding hydrogens is 510 g/mol. The number of aromatic nitrogens is 2. The smallest absolute Gasteiger partial charge is 0.152 e. The van der Waals surface area contributed by atoms with Gasteiger partial charge in [-0.15, -0.1) is 11.3 Å². The van der Waals surface area contributed by atoms with Crippen molar-refractivity contribution >= 4 is 39.8 Å². The highest BCUT2D eigenvalue weighted by atomic mass is 35.5. The lowest BCUT2D eigenvalue weighted by atomic mass is 9.87. The number of nitrogens with zero attached hydrogens (tertiary/aromatic N) is 2. The highest BCUT2D eigenvalue weighted by molar-refractivity contribution is 8.18. The van der Waals surface area contributed by atoms with Gasteiger partial charge in [-0.25, -0.2) is 15.1 Å². The second-order valence-corrected chi connectivity index (χ2v) is 11.7. The van der Waals surface area contributed by atoms with Gasteiger partial charge in [-0.05, 0) is 66.8 Å². The number of aliphatic hydroxyl groups is 1. The number of hydrogen-bond donors (Lipinski definition) is 6. The summed E-state index contributed by atoms with van der Waals surface area (Å²) in [6, 6.07) is 9.45. The predicted molar refractivity (Wildman–Crippen MR) is 140 cm³/mol. The summed E-state index contributed by atoms with van der Waals surface area (Å²) in [6.45, 7) is 2.10. The van der Waals surface area contributed by atoms with Crippen molar-refractivity contribution in [2.75, 3.05) is 11.9 Å². The third-order valence-corrected chi connectivity index (χ3v) is 8.01. The number of aliphatic hydroxyl groups excluding tert-OH is 1. The van der Waals surface area contributed by atoms with E-state index in [0.717, 1.165) is 35.3 Å². The molecule has 1 aromatic carbocycles. The Balaban J connectivity index is 1.47. The van der Waals surface area contributed by atoms with Gasteiger partial charge in [0.25, 0.3) is 0 Å². The van der Waals surface area contributed by atoms with Crippen LogP contribution in [0.3, 0.4) is 0 Å². The van der Waals surface area contributed by atoms with E-state index in [1.54, 1.807) is 12.3 Å². The molecule has 0 radical (unpaired) electrons. The number of nitrogens with one attached hydrogen (secondary N) is 1. The number of hydrogen-bond acceptors (Lipinski definition) is 10. The molecule has 2 heterocycles. The number of anilines is 1. The van der Waals surface area contributed by atoms with E-state index >= 15 is 0 Å². The Labute approximate surface area is 215 Å². The minimum absolute atomic E-state index is 0.0954. The van der Waals surface area contributed by atoms with Gasteiger partial charge in [-0.1, -0.05) is 23.7 Å². The maximum Gasteiger partial charge on any atom is 0.152 e. The molecule has 190 valence electrons. The summed E-state index contributed by atoms with van der Waals surface area (Å²) in [7, 11) is 0. The first-order chi connectivity index (χ1) is 16.5. The van der Waals surface area contributed by atoms with Crippen molar-refractivity contribution in [3.05, 3.63) is 74.8 Å². The summed E-state index contributed by atoms with van der Waals surface area (Å²) < 4.78 is 23.4. The van der Waals surface area contributed by atoms with Gasteiger partial charge in [-0.2, -0.15) is 0 Å². The Kier molecular flexibility index (Phi) is 8.01. The molecule has 0 bridgehead atoms. The van der Waals surface area contributed by atoms with Crippen LogP contribution in [0.1, 0.15) is 53.9 Å². The van der Waals surface area contributed by atoms with Gasteiger partial charge < -0.3 is 16.2 Å². The van der Waals surface area contributed by atoms with Crippen molar-refractivity contribution < 1.29 is 18.4 Å². The quantitative estimate of drug-likeness (QED) is 0.228. The molecule has 0 aliphatic heterocycles. The van der Waals surface area contributed by atoms with Gasteiger partial charge in [0.05, 0.1) is 12.1 Å². The third kappa shape index (κ3) is 6.50. The number of halogens is 1. The van der Waals surface area contributed by atoms with E-state index in [4.69, 9.17) is 26.7 Å². The second kappa shape index (κ2) is 10.7. The van der Waals surface area contributed by atoms with Crippen molar-refractivity contribution in [3.63, 3.8) is 0 Å². The molecule has 4 atom stereocenters. The molecule has 1 saturated carbocycles. The average Bonchev–Trinajstić information content (AvgIpc) is 3.48. The van der Waals surface area contributed by atoms with Crippen molar-refractivity contribution in [2.24, 2.45) is 16.8 Å². The molecule has 2 aromatic heterocycles. The minimum Gasteiger partial charge on any atom is -0.383 e. The molecule has 3 aromatic rings. The largest absolute Gasteiger partial charge is 0.383 e. The van der Waals surface area contributed by atoms with Crippen LogP contribution in [0.2, 0.25) is 5.02 Å². The molecule has 12 heteroatoms. The SMILES string of the molecule is CC(N)(c1cccc(Cl)c1)c1csc(C(O)c2cncnc2N[C@H]2CC[C@@H](COS(N)(O)O)C2)c1. The molecule has 8 N–H and O–H groups in total. The van der Waals surface area contributed by atoms with Gasteiger partial charge in [0.15, 0.2) is 11.1 Å². The molecule has 1 aliphatic carbocycles. The van der Waals surface area contributed by atoms with Crippen LogP contribution in [-0.4, -0.2) is 36.8 Å². The fourth-order valence-electron chi connectivity index (χ4n) is 4.31. The zero-order valence-corrected chi connectivity index (χ0v) is 21.6. The Bertz CT molecular complexity index is 1160. The summed E-state index contributed by atoms with van der Waals surface area (Å²) in [5.41, 5.74) is 8.21. The molecule has 1 fully saturated rings. The highest BCUT2D eigenvalue weighted by Gasteiger charge is 2.30. The van der Waals surface area contributed by atoms with Crippen molar-refractivity contribution in [1.29, 1.82) is 0 Å². The molecule has 0 saturated heterocycles. The maximum atomic E-state index is 11.2. The molecule has 35 heavy (non-hydrogen) atoms. The zero-order chi connectivity index (χ0) is 25.2. The van der Waals surface area contributed by atoms with Gasteiger partial charge in [-0.3, -0.25) is 13.3 Å². The molecular formula is C23H30ClN5O4S2. The Morgan fingerprint density at radius 1 is 1.31 bits per heavy atom. The minimum atomic E-state index is -3.45. The van der Waals surface area contributed by atoms with E-state index in [9.17, 15) is 14.2 Å². The van der Waals surface area contributed by atoms with Gasteiger partial charge in [0, 0.05) is 27.7 Å². The third-order valence-electron chi connectivity index (χ3n) is 6.31. The van der Waals surface area contributed by atoms with Crippen molar-refractivity contribution in [3.8, 4) is 0 Å². The first-order valence-electron chi connectivity index (χ1n) is 11.1. The number of rotatable bonds is 9. The number of nitrogens with two attached hydrogens (primary N) is 2. The van der Waals surface area contributed by atoms with Crippen LogP contribution >= 0.6 is 34.0 Å². The fourth-order valence-corrected chi connectivity index (χ4v) is 5.92. The molecule has 4 rings (SSSR count). The monoisotopic (exact) mass is 539 g/mol. The summed E-state index contributed by atoms with van der Waals surface area (Å²) in [5, 5.41) is 22.3. The summed E-state index contributed by atoms with van der Waals surface area (Å²) in [6.07, 6.45) is 4.57. The van der Waals surface area contributed by atoms with Crippen LogP contribution in [0.5, 0.6) is 0 Å². The number of thiophene rings is 1. The highest BCUT2D eigenvalue weighted by Crippen LogP contribution is 2.38. The second-order valence-electron chi connectivity index (χ2n) is 9.02. The fraction of sp³-hybridized carbons (Fsp3) is 0.391. The van der Waals surface area contributed by atoms with Crippen LogP contribution in [-0.2, 0) is 9.72 Å². The van der Waals surface area contributed by atoms with E-state index < -0.39 is 22.7 Å². The van der Waals surface area contributed by atoms with E-state index in [-0.39, 0.29) is 18.6 Å². The van der Waals surface area contributed by atoms with Crippen LogP contribution in [0, 0.1) is 5.92 Å². The lowest BCUT2D eigenvalue weighted by molar-refractivity contribution is 0.219. The number of benzene rings is 1. The lowest BCUT2D eigenvalue weighted by Crippen LogP contribution is -2.33. The summed E-state index contributed by atoms with van der Waals surface area (Å²) in [5.74, 6) is 0.702. The van der Waals surface area contributed by atoms with Crippen LogP contribution in [0.4, 0.5) is 5.82 Å². The molecule has 0 spiro atoms. The van der Waals surface area contributed by atoms with E-state index in [1.165, 1.54) is 17.7 Å². The van der Waals surface area contributed by atoms with Crippen LogP contribution in [0.25, 0.3) is 0 Å². The average molecular weight is 540 g/mol. The summed E-state index contributed by atoms with van der Waals surface area (Å²) >= 11 is 4.13. The Morgan fingerprint density at radius 2 is 2.11 bits per heavy atom. The Morgan fingerprint density at radius 3 is 2.86 bits per heavy atom. The van der Waals surface area contributed by atoms with Gasteiger partial charge >= 0.3 is 0 Å². The van der Waals surface area contributed by atoms with E-state index in [2.05, 4.69) is 15.3 Å². The molecule has 9 nitrogen and oxygen atoms in total. The standard InChI is InChI=1S/C23H30ClN5O4S2/c1-23(25,15-3-2-4-17(24)8-15)16-9-20(34-12-16)21(30)19-10-27-13-28-22(19)29-18-6-5-14(7-18)11-33-35(26,31)32/h2-4,8-10,12-14,18,21,30-32H,5-7,11,25-26H2,1H3,(H,27,28,29)/t14-,18+,21?,23?/m1/s1.